The predicted octanol–water partition coefficient (Wildman–Crippen LogP) is -0.784. The van der Waals surface area contributed by atoms with E-state index in [1.165, 1.54) is 0 Å². The van der Waals surface area contributed by atoms with E-state index in [0.29, 0.717) is 0 Å². The molecule has 0 aliphatic heterocycles. The van der Waals surface area contributed by atoms with Crippen LogP contribution in [0, 0.1) is 0 Å². The van der Waals surface area contributed by atoms with E-state index in [0.717, 1.165) is 12.1 Å². The molecule has 0 aliphatic rings. The zero-order valence-electron chi connectivity index (χ0n) is 4.38. The SMILES string of the molecule is NC(=S)NSNC(N)=S. The predicted molar refractivity (Wildman–Crippen MR) is 47.4 cm³/mol. The molecule has 0 aromatic heterocycles. The Bertz CT molecular complexity index is 109. The van der Waals surface area contributed by atoms with Crippen molar-refractivity contribution in [3.8, 4) is 0 Å². The minimum atomic E-state index is 0.184. The van der Waals surface area contributed by atoms with E-state index < -0.39 is 0 Å². The van der Waals surface area contributed by atoms with Crippen LogP contribution in [0.4, 0.5) is 0 Å². The maximum absolute atomic E-state index is 5.05. The van der Waals surface area contributed by atoms with Gasteiger partial charge in [-0.15, -0.1) is 0 Å². The van der Waals surface area contributed by atoms with Crippen LogP contribution in [0.25, 0.3) is 0 Å². The zero-order chi connectivity index (χ0) is 7.28. The molecule has 0 bridgehead atoms. The molecule has 6 N–H and O–H groups in total. The number of hydrogen-bond acceptors (Lipinski definition) is 3. The van der Waals surface area contributed by atoms with E-state index in [1.54, 1.807) is 0 Å². The second-order valence-electron chi connectivity index (χ2n) is 1.03. The highest BCUT2D eigenvalue weighted by atomic mass is 32.2. The Morgan fingerprint density at radius 1 is 1.11 bits per heavy atom. The number of nitrogens with two attached hydrogens (primary N) is 2. The monoisotopic (exact) mass is 182 g/mol. The minimum Gasteiger partial charge on any atom is -0.376 e. The summed E-state index contributed by atoms with van der Waals surface area (Å²) in [5, 5.41) is 0.368. The van der Waals surface area contributed by atoms with Gasteiger partial charge in [-0.25, -0.2) is 0 Å². The fourth-order valence-corrected chi connectivity index (χ4v) is 0.628. The molecule has 0 radical (unpaired) electrons. The van der Waals surface area contributed by atoms with Gasteiger partial charge in [0.25, 0.3) is 0 Å². The lowest BCUT2D eigenvalue weighted by Gasteiger charge is -2.01. The molecule has 0 rings (SSSR count). The zero-order valence-corrected chi connectivity index (χ0v) is 6.83. The first-order valence-corrected chi connectivity index (χ1v) is 3.53. The Morgan fingerprint density at radius 3 is 1.67 bits per heavy atom. The summed E-state index contributed by atoms with van der Waals surface area (Å²) in [6.07, 6.45) is 0. The van der Waals surface area contributed by atoms with Crippen LogP contribution in [0.2, 0.25) is 0 Å². The van der Waals surface area contributed by atoms with Gasteiger partial charge < -0.3 is 11.5 Å². The third-order valence-corrected chi connectivity index (χ3v) is 1.41. The van der Waals surface area contributed by atoms with Crippen molar-refractivity contribution >= 4 is 46.8 Å². The molecule has 0 atom stereocenters. The molecular weight excluding hydrogens is 176 g/mol. The number of hydrogen-bond donors (Lipinski definition) is 4. The summed E-state index contributed by atoms with van der Waals surface area (Å²) < 4.78 is 5.05. The molecule has 52 valence electrons. The molecule has 0 saturated carbocycles. The van der Waals surface area contributed by atoms with E-state index in [9.17, 15) is 0 Å². The standard InChI is InChI=1S/C2H6N4S3/c3-1(7)5-9-6-2(4)8/h(H3,3,5,7)(H3,4,6,8). The molecule has 4 nitrogen and oxygen atoms in total. The number of rotatable bonds is 2. The summed E-state index contributed by atoms with van der Waals surface area (Å²) in [5.74, 6) is 0. The summed E-state index contributed by atoms with van der Waals surface area (Å²) in [4.78, 5) is 0. The smallest absolute Gasteiger partial charge is 0.175 e. The van der Waals surface area contributed by atoms with Crippen LogP contribution < -0.4 is 20.9 Å². The highest BCUT2D eigenvalue weighted by Gasteiger charge is 1.86. The van der Waals surface area contributed by atoms with Gasteiger partial charge in [-0.05, 0) is 24.4 Å². The Morgan fingerprint density at radius 2 is 1.44 bits per heavy atom. The Labute approximate surface area is 68.0 Å². The molecule has 0 unspecified atom stereocenters. The lowest BCUT2D eigenvalue weighted by molar-refractivity contribution is 1.42. The third-order valence-electron chi connectivity index (χ3n) is 0.303. The second-order valence-corrected chi connectivity index (χ2v) is 2.53. The summed E-state index contributed by atoms with van der Waals surface area (Å²) in [7, 11) is 0. The molecular formula is C2H6N4S3. The van der Waals surface area contributed by atoms with Crippen molar-refractivity contribution in [2.24, 2.45) is 11.5 Å². The van der Waals surface area contributed by atoms with Crippen molar-refractivity contribution < 1.29 is 0 Å². The minimum absolute atomic E-state index is 0.184. The van der Waals surface area contributed by atoms with Crippen LogP contribution in [0.5, 0.6) is 0 Å². The summed E-state index contributed by atoms with van der Waals surface area (Å²) in [5.41, 5.74) is 10.1. The van der Waals surface area contributed by atoms with E-state index in [2.05, 4.69) is 33.9 Å². The van der Waals surface area contributed by atoms with Gasteiger partial charge in [0.2, 0.25) is 0 Å². The molecule has 9 heavy (non-hydrogen) atoms. The van der Waals surface area contributed by atoms with Crippen LogP contribution in [0.15, 0.2) is 0 Å². The van der Waals surface area contributed by atoms with Crippen molar-refractivity contribution in [3.63, 3.8) is 0 Å². The van der Waals surface area contributed by atoms with Crippen LogP contribution >= 0.6 is 36.6 Å². The molecule has 0 aromatic rings. The van der Waals surface area contributed by atoms with E-state index in [-0.39, 0.29) is 10.2 Å². The van der Waals surface area contributed by atoms with Crippen molar-refractivity contribution in [1.82, 2.24) is 9.44 Å². The van der Waals surface area contributed by atoms with E-state index >= 15 is 0 Å². The molecule has 0 aromatic carbocycles. The molecule has 7 heteroatoms. The van der Waals surface area contributed by atoms with Crippen LogP contribution in [-0.4, -0.2) is 10.2 Å². The van der Waals surface area contributed by atoms with Gasteiger partial charge in [-0.1, -0.05) is 0 Å². The van der Waals surface area contributed by atoms with Gasteiger partial charge in [-0.2, -0.15) is 0 Å². The lowest BCUT2D eigenvalue weighted by atomic mass is 11.2. The van der Waals surface area contributed by atoms with Gasteiger partial charge in [0.15, 0.2) is 10.2 Å². The molecule has 0 amide bonds. The quantitative estimate of drug-likeness (QED) is 0.329. The first-order valence-electron chi connectivity index (χ1n) is 1.89. The van der Waals surface area contributed by atoms with Crippen molar-refractivity contribution in [1.29, 1.82) is 0 Å². The van der Waals surface area contributed by atoms with Gasteiger partial charge in [0, 0.05) is 0 Å². The van der Waals surface area contributed by atoms with Crippen LogP contribution in [0.3, 0.4) is 0 Å². The van der Waals surface area contributed by atoms with E-state index in [1.807, 2.05) is 0 Å². The average Bonchev–Trinajstić information content (AvgIpc) is 1.63. The van der Waals surface area contributed by atoms with Gasteiger partial charge in [0.1, 0.15) is 0 Å². The van der Waals surface area contributed by atoms with Crippen molar-refractivity contribution in [2.45, 2.75) is 0 Å². The molecule has 0 heterocycles. The third kappa shape index (κ3) is 7.73. The molecule has 0 spiro atoms. The highest BCUT2D eigenvalue weighted by Crippen LogP contribution is 1.80. The Balaban J connectivity index is 3.10. The maximum Gasteiger partial charge on any atom is 0.175 e. The molecule has 0 fully saturated rings. The Kier molecular flexibility index (Phi) is 4.46. The number of nitrogens with one attached hydrogen (secondary N) is 2. The molecule has 0 saturated heterocycles. The summed E-state index contributed by atoms with van der Waals surface area (Å²) in [6.45, 7) is 0. The number of thiocarbonyl (C=S) groups is 2. The first-order chi connectivity index (χ1) is 4.13. The summed E-state index contributed by atoms with van der Waals surface area (Å²) in [6, 6.07) is 0. The van der Waals surface area contributed by atoms with E-state index in [4.69, 9.17) is 11.5 Å². The van der Waals surface area contributed by atoms with Crippen molar-refractivity contribution in [2.75, 3.05) is 0 Å². The first kappa shape index (κ1) is 8.73. The van der Waals surface area contributed by atoms with Gasteiger partial charge in [0.05, 0.1) is 12.1 Å². The molecule has 0 aliphatic carbocycles. The Hall–Kier alpha value is -0.270. The fourth-order valence-electron chi connectivity index (χ4n) is 0.126. The van der Waals surface area contributed by atoms with Crippen LogP contribution in [-0.2, 0) is 0 Å². The van der Waals surface area contributed by atoms with Crippen molar-refractivity contribution in [3.05, 3.63) is 0 Å². The second kappa shape index (κ2) is 4.59. The topological polar surface area (TPSA) is 76.1 Å². The largest absolute Gasteiger partial charge is 0.376 e. The maximum atomic E-state index is 5.05. The lowest BCUT2D eigenvalue weighted by Crippen LogP contribution is -2.31. The summed E-state index contributed by atoms with van der Waals surface area (Å²) >= 11 is 9.98. The van der Waals surface area contributed by atoms with Gasteiger partial charge in [-0.3, -0.25) is 9.44 Å². The average molecular weight is 182 g/mol. The highest BCUT2D eigenvalue weighted by molar-refractivity contribution is 7.98. The van der Waals surface area contributed by atoms with Gasteiger partial charge >= 0.3 is 0 Å². The van der Waals surface area contributed by atoms with Crippen LogP contribution in [0.1, 0.15) is 0 Å². The normalized spacial score (nSPS) is 8.00. The fraction of sp³-hybridized carbons (Fsp3) is 0.